The van der Waals surface area contributed by atoms with Gasteiger partial charge in [-0.1, -0.05) is 0 Å². The molecule has 0 bridgehead atoms. The molecule has 1 unspecified atom stereocenters. The van der Waals surface area contributed by atoms with Gasteiger partial charge in [-0.3, -0.25) is 9.59 Å². The third kappa shape index (κ3) is 3.46. The van der Waals surface area contributed by atoms with Crippen LogP contribution in [0.3, 0.4) is 0 Å². The van der Waals surface area contributed by atoms with Gasteiger partial charge in [-0.05, 0) is 19.8 Å². The summed E-state index contributed by atoms with van der Waals surface area (Å²) in [5.74, 6) is -0.475. The van der Waals surface area contributed by atoms with Gasteiger partial charge < -0.3 is 21.1 Å². The van der Waals surface area contributed by atoms with Crippen molar-refractivity contribution in [2.24, 2.45) is 5.73 Å². The number of amides is 2. The summed E-state index contributed by atoms with van der Waals surface area (Å²) in [6.45, 7) is 2.52. The topological polar surface area (TPSA) is 93.5 Å². The fraction of sp³-hybridized carbons (Fsp3) is 0.800. The van der Waals surface area contributed by atoms with E-state index in [0.717, 1.165) is 0 Å². The van der Waals surface area contributed by atoms with Gasteiger partial charge in [0.1, 0.15) is 6.04 Å². The predicted octanol–water partition coefficient (Wildman–Crippen LogP) is -1.25. The van der Waals surface area contributed by atoms with Crippen LogP contribution in [0.25, 0.3) is 0 Å². The van der Waals surface area contributed by atoms with Crippen LogP contribution in [0.1, 0.15) is 19.8 Å². The number of hydrogen-bond acceptors (Lipinski definition) is 4. The number of carbonyl (C=O) groups excluding carboxylic acids is 2. The maximum Gasteiger partial charge on any atom is 0.242 e. The second-order valence-electron chi connectivity index (χ2n) is 4.14. The van der Waals surface area contributed by atoms with Gasteiger partial charge in [0.15, 0.2) is 0 Å². The first-order valence-corrected chi connectivity index (χ1v) is 5.36. The van der Waals surface area contributed by atoms with Crippen molar-refractivity contribution in [3.8, 4) is 0 Å². The molecule has 0 aromatic carbocycles. The van der Waals surface area contributed by atoms with E-state index in [9.17, 15) is 9.59 Å². The molecule has 6 heteroatoms. The summed E-state index contributed by atoms with van der Waals surface area (Å²) in [5.41, 5.74) is 4.96. The standard InChI is InChI=1S/C10H19N3O3/c1-7(8(14)12-5-6-16-2)13-9(15)10(11)3-4-10/h7H,3-6,11H2,1-2H3,(H,12,14)(H,13,15). The largest absolute Gasteiger partial charge is 0.383 e. The SMILES string of the molecule is COCCNC(=O)C(C)NC(=O)C1(N)CC1. The third-order valence-electron chi connectivity index (χ3n) is 2.59. The van der Waals surface area contributed by atoms with Gasteiger partial charge in [0.25, 0.3) is 0 Å². The first-order valence-electron chi connectivity index (χ1n) is 5.36. The number of nitrogens with one attached hydrogen (secondary N) is 2. The van der Waals surface area contributed by atoms with Crippen molar-refractivity contribution in [1.82, 2.24) is 10.6 Å². The number of hydrogen-bond donors (Lipinski definition) is 3. The molecule has 2 amide bonds. The van der Waals surface area contributed by atoms with Crippen LogP contribution in [0.2, 0.25) is 0 Å². The maximum atomic E-state index is 11.5. The van der Waals surface area contributed by atoms with Crippen molar-refractivity contribution in [3.63, 3.8) is 0 Å². The number of rotatable bonds is 6. The Labute approximate surface area is 94.9 Å². The summed E-state index contributed by atoms with van der Waals surface area (Å²) in [7, 11) is 1.56. The van der Waals surface area contributed by atoms with Crippen LogP contribution in [-0.4, -0.2) is 43.7 Å². The molecular weight excluding hydrogens is 210 g/mol. The zero-order valence-electron chi connectivity index (χ0n) is 9.71. The van der Waals surface area contributed by atoms with E-state index in [2.05, 4.69) is 10.6 Å². The molecule has 1 rings (SSSR count). The third-order valence-corrected chi connectivity index (χ3v) is 2.59. The van der Waals surface area contributed by atoms with Gasteiger partial charge in [-0.25, -0.2) is 0 Å². The van der Waals surface area contributed by atoms with E-state index in [1.165, 1.54) is 0 Å². The fourth-order valence-corrected chi connectivity index (χ4v) is 1.20. The molecule has 0 heterocycles. The number of methoxy groups -OCH3 is 1. The molecule has 0 aromatic rings. The van der Waals surface area contributed by atoms with E-state index in [1.54, 1.807) is 14.0 Å². The van der Waals surface area contributed by atoms with Crippen LogP contribution in [0, 0.1) is 0 Å². The summed E-state index contributed by atoms with van der Waals surface area (Å²) in [5, 5.41) is 5.23. The Kier molecular flexibility index (Phi) is 4.26. The van der Waals surface area contributed by atoms with E-state index in [0.29, 0.717) is 26.0 Å². The highest BCUT2D eigenvalue weighted by atomic mass is 16.5. The molecule has 6 nitrogen and oxygen atoms in total. The molecule has 1 aliphatic rings. The minimum atomic E-state index is -0.735. The van der Waals surface area contributed by atoms with Gasteiger partial charge >= 0.3 is 0 Å². The lowest BCUT2D eigenvalue weighted by Crippen LogP contribution is -2.51. The summed E-state index contributed by atoms with van der Waals surface area (Å²) >= 11 is 0. The van der Waals surface area contributed by atoms with E-state index < -0.39 is 11.6 Å². The van der Waals surface area contributed by atoms with Crippen LogP contribution in [-0.2, 0) is 14.3 Å². The molecule has 0 spiro atoms. The molecule has 0 aliphatic heterocycles. The molecule has 0 saturated heterocycles. The molecule has 1 atom stereocenters. The van der Waals surface area contributed by atoms with E-state index in [4.69, 9.17) is 10.5 Å². The highest BCUT2D eigenvalue weighted by Crippen LogP contribution is 2.32. The molecule has 4 N–H and O–H groups in total. The molecule has 92 valence electrons. The van der Waals surface area contributed by atoms with Crippen molar-refractivity contribution in [3.05, 3.63) is 0 Å². The van der Waals surface area contributed by atoms with E-state index in [1.807, 2.05) is 0 Å². The molecular formula is C10H19N3O3. The molecule has 1 fully saturated rings. The van der Waals surface area contributed by atoms with E-state index >= 15 is 0 Å². The van der Waals surface area contributed by atoms with E-state index in [-0.39, 0.29) is 11.8 Å². The first-order chi connectivity index (χ1) is 7.49. The minimum absolute atomic E-state index is 0.227. The summed E-state index contributed by atoms with van der Waals surface area (Å²) < 4.78 is 4.80. The molecule has 0 aromatic heterocycles. The van der Waals surface area contributed by atoms with Crippen molar-refractivity contribution in [2.75, 3.05) is 20.3 Å². The molecule has 1 aliphatic carbocycles. The van der Waals surface area contributed by atoms with Crippen LogP contribution < -0.4 is 16.4 Å². The maximum absolute atomic E-state index is 11.5. The Hall–Kier alpha value is -1.14. The van der Waals surface area contributed by atoms with Crippen LogP contribution in [0.15, 0.2) is 0 Å². The average Bonchev–Trinajstić information content (AvgIpc) is 2.98. The van der Waals surface area contributed by atoms with Crippen molar-refractivity contribution < 1.29 is 14.3 Å². The van der Waals surface area contributed by atoms with Gasteiger partial charge in [0.05, 0.1) is 12.1 Å². The summed E-state index contributed by atoms with van der Waals surface area (Å²) in [4.78, 5) is 23.0. The van der Waals surface area contributed by atoms with Gasteiger partial charge in [0.2, 0.25) is 11.8 Å². The Morgan fingerprint density at radius 2 is 2.12 bits per heavy atom. The Bertz CT molecular complexity index is 276. The van der Waals surface area contributed by atoms with Crippen molar-refractivity contribution >= 4 is 11.8 Å². The number of carbonyl (C=O) groups is 2. The predicted molar refractivity (Wildman–Crippen MR) is 58.6 cm³/mol. The highest BCUT2D eigenvalue weighted by Gasteiger charge is 2.46. The Morgan fingerprint density at radius 1 is 1.50 bits per heavy atom. The van der Waals surface area contributed by atoms with Crippen molar-refractivity contribution in [1.29, 1.82) is 0 Å². The van der Waals surface area contributed by atoms with Crippen LogP contribution in [0.5, 0.6) is 0 Å². The Balaban J connectivity index is 2.25. The normalized spacial score (nSPS) is 18.7. The summed E-state index contributed by atoms with van der Waals surface area (Å²) in [6.07, 6.45) is 1.38. The van der Waals surface area contributed by atoms with Crippen LogP contribution in [0.4, 0.5) is 0 Å². The van der Waals surface area contributed by atoms with Gasteiger partial charge in [0, 0.05) is 13.7 Å². The monoisotopic (exact) mass is 229 g/mol. The Morgan fingerprint density at radius 3 is 2.62 bits per heavy atom. The smallest absolute Gasteiger partial charge is 0.242 e. The first kappa shape index (κ1) is 12.9. The molecule has 1 saturated carbocycles. The second-order valence-corrected chi connectivity index (χ2v) is 4.14. The lowest BCUT2D eigenvalue weighted by molar-refractivity contribution is -0.129. The number of ether oxygens (including phenoxy) is 1. The number of nitrogens with two attached hydrogens (primary N) is 1. The zero-order valence-corrected chi connectivity index (χ0v) is 9.71. The fourth-order valence-electron chi connectivity index (χ4n) is 1.20. The second kappa shape index (κ2) is 5.27. The molecule has 16 heavy (non-hydrogen) atoms. The zero-order chi connectivity index (χ0) is 12.2. The van der Waals surface area contributed by atoms with Gasteiger partial charge in [-0.2, -0.15) is 0 Å². The lowest BCUT2D eigenvalue weighted by Gasteiger charge is -2.16. The quantitative estimate of drug-likeness (QED) is 0.496. The lowest BCUT2D eigenvalue weighted by atomic mass is 10.2. The average molecular weight is 229 g/mol. The molecule has 0 radical (unpaired) electrons. The summed E-state index contributed by atoms with van der Waals surface area (Å²) in [6, 6.07) is -0.564. The van der Waals surface area contributed by atoms with Gasteiger partial charge in [-0.15, -0.1) is 0 Å². The van der Waals surface area contributed by atoms with Crippen LogP contribution >= 0.6 is 0 Å². The highest BCUT2D eigenvalue weighted by molar-refractivity contribution is 5.93. The minimum Gasteiger partial charge on any atom is -0.383 e. The van der Waals surface area contributed by atoms with Crippen molar-refractivity contribution in [2.45, 2.75) is 31.3 Å².